The monoisotopic (exact) mass is 268 g/mol. The SMILES string of the molecule is CCNc1ccccc1C=Cc1ccc([N+](=O)[O-])cc1. The van der Waals surface area contributed by atoms with Gasteiger partial charge in [-0.3, -0.25) is 10.1 Å². The van der Waals surface area contributed by atoms with Gasteiger partial charge >= 0.3 is 0 Å². The maximum absolute atomic E-state index is 10.6. The first-order valence-electron chi connectivity index (χ1n) is 6.46. The lowest BCUT2D eigenvalue weighted by molar-refractivity contribution is -0.384. The second-order valence-corrected chi connectivity index (χ2v) is 4.30. The first-order chi connectivity index (χ1) is 9.70. The Balaban J connectivity index is 2.18. The van der Waals surface area contributed by atoms with E-state index in [-0.39, 0.29) is 5.69 Å². The summed E-state index contributed by atoms with van der Waals surface area (Å²) in [6.07, 6.45) is 3.94. The highest BCUT2D eigenvalue weighted by molar-refractivity contribution is 5.76. The number of rotatable bonds is 5. The Bertz CT molecular complexity index is 619. The van der Waals surface area contributed by atoms with Crippen molar-refractivity contribution in [2.24, 2.45) is 0 Å². The van der Waals surface area contributed by atoms with Gasteiger partial charge in [0.15, 0.2) is 0 Å². The van der Waals surface area contributed by atoms with Crippen molar-refractivity contribution in [3.05, 3.63) is 69.8 Å². The molecule has 0 atom stereocenters. The van der Waals surface area contributed by atoms with Crippen LogP contribution in [0.1, 0.15) is 18.1 Å². The van der Waals surface area contributed by atoms with Gasteiger partial charge in [-0.2, -0.15) is 0 Å². The van der Waals surface area contributed by atoms with Gasteiger partial charge < -0.3 is 5.32 Å². The van der Waals surface area contributed by atoms with Crippen molar-refractivity contribution in [2.75, 3.05) is 11.9 Å². The van der Waals surface area contributed by atoms with Crippen molar-refractivity contribution < 1.29 is 4.92 Å². The molecular formula is C16H16N2O2. The third-order valence-electron chi connectivity index (χ3n) is 2.89. The maximum atomic E-state index is 10.6. The van der Waals surface area contributed by atoms with Crippen molar-refractivity contribution in [2.45, 2.75) is 6.92 Å². The molecule has 102 valence electrons. The van der Waals surface area contributed by atoms with E-state index >= 15 is 0 Å². The molecule has 0 fully saturated rings. The highest BCUT2D eigenvalue weighted by Crippen LogP contribution is 2.19. The van der Waals surface area contributed by atoms with Crippen LogP contribution in [0.3, 0.4) is 0 Å². The zero-order valence-corrected chi connectivity index (χ0v) is 11.2. The third kappa shape index (κ3) is 3.45. The molecule has 0 aliphatic heterocycles. The van der Waals surface area contributed by atoms with E-state index in [1.54, 1.807) is 12.1 Å². The summed E-state index contributed by atoms with van der Waals surface area (Å²) in [5.41, 5.74) is 3.21. The Morgan fingerprint density at radius 1 is 1.10 bits per heavy atom. The van der Waals surface area contributed by atoms with Crippen LogP contribution in [0.4, 0.5) is 11.4 Å². The predicted molar refractivity (Wildman–Crippen MR) is 82.6 cm³/mol. The number of nitro benzene ring substituents is 1. The molecule has 4 heteroatoms. The number of nitrogens with zero attached hydrogens (tertiary/aromatic N) is 1. The normalized spacial score (nSPS) is 10.7. The van der Waals surface area contributed by atoms with Crippen LogP contribution in [0.2, 0.25) is 0 Å². The molecule has 2 aromatic carbocycles. The van der Waals surface area contributed by atoms with Gasteiger partial charge in [0.1, 0.15) is 0 Å². The molecule has 0 bridgehead atoms. The lowest BCUT2D eigenvalue weighted by Crippen LogP contribution is -1.97. The number of para-hydroxylation sites is 1. The third-order valence-corrected chi connectivity index (χ3v) is 2.89. The Labute approximate surface area is 117 Å². The Kier molecular flexibility index (Phi) is 4.50. The van der Waals surface area contributed by atoms with E-state index in [2.05, 4.69) is 12.2 Å². The van der Waals surface area contributed by atoms with Gasteiger partial charge in [0.2, 0.25) is 0 Å². The number of hydrogen-bond acceptors (Lipinski definition) is 3. The highest BCUT2D eigenvalue weighted by Gasteiger charge is 2.02. The zero-order valence-electron chi connectivity index (χ0n) is 11.2. The van der Waals surface area contributed by atoms with E-state index in [4.69, 9.17) is 0 Å². The topological polar surface area (TPSA) is 55.2 Å². The smallest absolute Gasteiger partial charge is 0.269 e. The van der Waals surface area contributed by atoms with Crippen molar-refractivity contribution in [1.82, 2.24) is 0 Å². The van der Waals surface area contributed by atoms with E-state index in [9.17, 15) is 10.1 Å². The summed E-state index contributed by atoms with van der Waals surface area (Å²) in [6, 6.07) is 14.5. The number of benzene rings is 2. The van der Waals surface area contributed by atoms with E-state index < -0.39 is 4.92 Å². The molecule has 0 aromatic heterocycles. The largest absolute Gasteiger partial charge is 0.385 e. The quantitative estimate of drug-likeness (QED) is 0.502. The fourth-order valence-electron chi connectivity index (χ4n) is 1.89. The molecule has 0 amide bonds. The second-order valence-electron chi connectivity index (χ2n) is 4.30. The fourth-order valence-corrected chi connectivity index (χ4v) is 1.89. The second kappa shape index (κ2) is 6.52. The average Bonchev–Trinajstić information content (AvgIpc) is 2.47. The van der Waals surface area contributed by atoms with Gasteiger partial charge in [-0.05, 0) is 36.2 Å². The van der Waals surface area contributed by atoms with E-state index in [0.717, 1.165) is 23.4 Å². The van der Waals surface area contributed by atoms with E-state index in [1.807, 2.05) is 36.4 Å². The standard InChI is InChI=1S/C16H16N2O2/c1-2-17-16-6-4-3-5-14(16)10-7-13-8-11-15(12-9-13)18(19)20/h3-12,17H,2H2,1H3. The van der Waals surface area contributed by atoms with Crippen LogP contribution in [0, 0.1) is 10.1 Å². The van der Waals surface area contributed by atoms with Crippen LogP contribution in [0.5, 0.6) is 0 Å². The fraction of sp³-hybridized carbons (Fsp3) is 0.125. The lowest BCUT2D eigenvalue weighted by atomic mass is 10.1. The molecule has 0 saturated heterocycles. The number of anilines is 1. The molecule has 2 aromatic rings. The van der Waals surface area contributed by atoms with E-state index in [0.29, 0.717) is 0 Å². The number of nitro groups is 1. The minimum Gasteiger partial charge on any atom is -0.385 e. The zero-order chi connectivity index (χ0) is 14.4. The lowest BCUT2D eigenvalue weighted by Gasteiger charge is -2.06. The van der Waals surface area contributed by atoms with Crippen LogP contribution in [-0.2, 0) is 0 Å². The van der Waals surface area contributed by atoms with E-state index in [1.165, 1.54) is 12.1 Å². The molecule has 1 N–H and O–H groups in total. The first kappa shape index (κ1) is 13.8. The van der Waals surface area contributed by atoms with Crippen LogP contribution in [-0.4, -0.2) is 11.5 Å². The molecule has 4 nitrogen and oxygen atoms in total. The van der Waals surface area contributed by atoms with Gasteiger partial charge in [0, 0.05) is 24.4 Å². The van der Waals surface area contributed by atoms with Gasteiger partial charge in [-0.25, -0.2) is 0 Å². The summed E-state index contributed by atoms with van der Waals surface area (Å²) in [5, 5.41) is 13.9. The predicted octanol–water partition coefficient (Wildman–Crippen LogP) is 4.20. The van der Waals surface area contributed by atoms with Gasteiger partial charge in [-0.1, -0.05) is 30.4 Å². The maximum Gasteiger partial charge on any atom is 0.269 e. The van der Waals surface area contributed by atoms with Crippen LogP contribution >= 0.6 is 0 Å². The van der Waals surface area contributed by atoms with Crippen molar-refractivity contribution in [1.29, 1.82) is 0 Å². The highest BCUT2D eigenvalue weighted by atomic mass is 16.6. The average molecular weight is 268 g/mol. The van der Waals surface area contributed by atoms with Crippen molar-refractivity contribution >= 4 is 23.5 Å². The molecule has 0 unspecified atom stereocenters. The summed E-state index contributed by atoms with van der Waals surface area (Å²) < 4.78 is 0. The summed E-state index contributed by atoms with van der Waals surface area (Å²) >= 11 is 0. The molecule has 0 radical (unpaired) electrons. The summed E-state index contributed by atoms with van der Waals surface area (Å²) in [7, 11) is 0. The summed E-state index contributed by atoms with van der Waals surface area (Å²) in [5.74, 6) is 0. The summed E-state index contributed by atoms with van der Waals surface area (Å²) in [6.45, 7) is 2.92. The minimum atomic E-state index is -0.395. The Morgan fingerprint density at radius 3 is 2.45 bits per heavy atom. The Hall–Kier alpha value is -2.62. The van der Waals surface area contributed by atoms with Crippen LogP contribution < -0.4 is 5.32 Å². The Morgan fingerprint density at radius 2 is 1.80 bits per heavy atom. The van der Waals surface area contributed by atoms with Gasteiger partial charge in [0.05, 0.1) is 4.92 Å². The molecule has 2 rings (SSSR count). The molecule has 0 saturated carbocycles. The summed E-state index contributed by atoms with van der Waals surface area (Å²) in [4.78, 5) is 10.2. The number of nitrogens with one attached hydrogen (secondary N) is 1. The van der Waals surface area contributed by atoms with Crippen molar-refractivity contribution in [3.63, 3.8) is 0 Å². The molecule has 0 aliphatic carbocycles. The number of hydrogen-bond donors (Lipinski definition) is 1. The number of non-ortho nitro benzene ring substituents is 1. The molecule has 20 heavy (non-hydrogen) atoms. The molecular weight excluding hydrogens is 252 g/mol. The van der Waals surface area contributed by atoms with Crippen molar-refractivity contribution in [3.8, 4) is 0 Å². The van der Waals surface area contributed by atoms with Gasteiger partial charge in [-0.15, -0.1) is 0 Å². The van der Waals surface area contributed by atoms with Gasteiger partial charge in [0.25, 0.3) is 5.69 Å². The molecule has 0 aliphatic rings. The minimum absolute atomic E-state index is 0.107. The van der Waals surface area contributed by atoms with Crippen LogP contribution in [0.25, 0.3) is 12.2 Å². The first-order valence-corrected chi connectivity index (χ1v) is 6.46. The van der Waals surface area contributed by atoms with Crippen LogP contribution in [0.15, 0.2) is 48.5 Å². The molecule has 0 spiro atoms. The molecule has 0 heterocycles.